The lowest BCUT2D eigenvalue weighted by atomic mass is 9.97. The van der Waals surface area contributed by atoms with E-state index in [0.29, 0.717) is 5.84 Å². The average molecular weight is 378 g/mol. The molecule has 0 bridgehead atoms. The summed E-state index contributed by atoms with van der Waals surface area (Å²) in [4.78, 5) is 9.14. The molecule has 0 aliphatic carbocycles. The second kappa shape index (κ2) is 7.20. The number of amidine groups is 1. The molecule has 5 nitrogen and oxygen atoms in total. The summed E-state index contributed by atoms with van der Waals surface area (Å²) in [5, 5.41) is 6.94. The highest BCUT2D eigenvalue weighted by molar-refractivity contribution is 6.21. The number of hydrogen-bond acceptors (Lipinski definition) is 5. The summed E-state index contributed by atoms with van der Waals surface area (Å²) in [7, 11) is 1.66. The maximum absolute atomic E-state index is 5.28. The summed E-state index contributed by atoms with van der Waals surface area (Å²) >= 11 is 0. The molecular weight excluding hydrogens is 360 g/mol. The Kier molecular flexibility index (Phi) is 4.26. The van der Waals surface area contributed by atoms with Gasteiger partial charge in [0.25, 0.3) is 0 Å². The Morgan fingerprint density at radius 3 is 2.38 bits per heavy atom. The number of hydrazone groups is 1. The van der Waals surface area contributed by atoms with E-state index in [-0.39, 0.29) is 0 Å². The van der Waals surface area contributed by atoms with Crippen molar-refractivity contribution in [2.45, 2.75) is 0 Å². The van der Waals surface area contributed by atoms with Gasteiger partial charge in [0.2, 0.25) is 0 Å². The molecule has 0 saturated heterocycles. The van der Waals surface area contributed by atoms with Crippen molar-refractivity contribution in [1.82, 2.24) is 10.4 Å². The summed E-state index contributed by atoms with van der Waals surface area (Å²) in [5.41, 5.74) is 7.80. The van der Waals surface area contributed by atoms with Gasteiger partial charge >= 0.3 is 0 Å². The molecule has 0 saturated carbocycles. The molecule has 3 aromatic carbocycles. The predicted octanol–water partition coefficient (Wildman–Crippen LogP) is 4.68. The van der Waals surface area contributed by atoms with Crippen molar-refractivity contribution >= 4 is 28.0 Å². The highest BCUT2D eigenvalue weighted by Crippen LogP contribution is 2.33. The molecule has 5 rings (SSSR count). The van der Waals surface area contributed by atoms with Crippen molar-refractivity contribution in [3.05, 3.63) is 102 Å². The molecule has 2 heterocycles. The van der Waals surface area contributed by atoms with Crippen LogP contribution in [0.3, 0.4) is 0 Å². The largest absolute Gasteiger partial charge is 0.497 e. The van der Waals surface area contributed by atoms with E-state index in [9.17, 15) is 0 Å². The van der Waals surface area contributed by atoms with Crippen LogP contribution in [-0.4, -0.2) is 23.6 Å². The number of benzene rings is 3. The van der Waals surface area contributed by atoms with Crippen LogP contribution in [0.4, 0.5) is 5.69 Å². The third kappa shape index (κ3) is 3.12. The van der Waals surface area contributed by atoms with Crippen molar-refractivity contribution in [3.63, 3.8) is 0 Å². The number of fused-ring (bicyclic) bond motifs is 3. The Hall–Kier alpha value is -3.99. The molecule has 0 radical (unpaired) electrons. The first-order valence-corrected chi connectivity index (χ1v) is 9.33. The third-order valence-electron chi connectivity index (χ3n) is 4.97. The van der Waals surface area contributed by atoms with Gasteiger partial charge in [-0.2, -0.15) is 5.10 Å². The van der Waals surface area contributed by atoms with Crippen molar-refractivity contribution in [2.24, 2.45) is 10.1 Å². The number of nitrogens with zero attached hydrogens (tertiary/aromatic N) is 3. The first-order chi connectivity index (χ1) is 14.3. The van der Waals surface area contributed by atoms with E-state index in [1.807, 2.05) is 48.5 Å². The zero-order valence-corrected chi connectivity index (χ0v) is 15.8. The summed E-state index contributed by atoms with van der Waals surface area (Å²) in [6.45, 7) is 0. The minimum atomic E-state index is 0.689. The quantitative estimate of drug-likeness (QED) is 0.563. The van der Waals surface area contributed by atoms with E-state index in [2.05, 4.69) is 34.7 Å². The van der Waals surface area contributed by atoms with Crippen LogP contribution >= 0.6 is 0 Å². The molecule has 0 spiro atoms. The normalized spacial score (nSPS) is 13.0. The summed E-state index contributed by atoms with van der Waals surface area (Å²) in [6, 6.07) is 24.2. The monoisotopic (exact) mass is 378 g/mol. The molecule has 4 aromatic rings. The second-order valence-corrected chi connectivity index (χ2v) is 6.68. The lowest BCUT2D eigenvalue weighted by Gasteiger charge is -2.10. The van der Waals surface area contributed by atoms with Gasteiger partial charge in [0.15, 0.2) is 5.84 Å². The number of rotatable bonds is 3. The highest BCUT2D eigenvalue weighted by Gasteiger charge is 2.19. The zero-order valence-electron chi connectivity index (χ0n) is 15.8. The van der Waals surface area contributed by atoms with Crippen LogP contribution in [0.25, 0.3) is 10.8 Å². The van der Waals surface area contributed by atoms with E-state index in [1.54, 1.807) is 19.5 Å². The summed E-state index contributed by atoms with van der Waals surface area (Å²) < 4.78 is 5.28. The fourth-order valence-corrected chi connectivity index (χ4v) is 3.48. The van der Waals surface area contributed by atoms with Gasteiger partial charge in [-0.1, -0.05) is 30.3 Å². The van der Waals surface area contributed by atoms with Crippen molar-refractivity contribution in [3.8, 4) is 5.75 Å². The van der Waals surface area contributed by atoms with Crippen LogP contribution in [0.2, 0.25) is 0 Å². The predicted molar refractivity (Wildman–Crippen MR) is 116 cm³/mol. The smallest absolute Gasteiger partial charge is 0.154 e. The summed E-state index contributed by atoms with van der Waals surface area (Å²) in [6.07, 6.45) is 3.55. The van der Waals surface area contributed by atoms with Crippen molar-refractivity contribution < 1.29 is 4.74 Å². The fourth-order valence-electron chi connectivity index (χ4n) is 3.48. The number of pyridine rings is 1. The van der Waals surface area contributed by atoms with Crippen LogP contribution in [0.1, 0.15) is 16.7 Å². The number of aliphatic imine (C=N–C) groups is 1. The maximum atomic E-state index is 5.28. The van der Waals surface area contributed by atoms with Gasteiger partial charge in [0.05, 0.1) is 12.8 Å². The van der Waals surface area contributed by atoms with E-state index >= 15 is 0 Å². The minimum Gasteiger partial charge on any atom is -0.497 e. The van der Waals surface area contributed by atoms with Gasteiger partial charge in [-0.15, -0.1) is 0 Å². The van der Waals surface area contributed by atoms with Gasteiger partial charge in [-0.25, -0.2) is 4.99 Å². The Morgan fingerprint density at radius 2 is 1.59 bits per heavy atom. The van der Waals surface area contributed by atoms with E-state index in [1.165, 1.54) is 0 Å². The molecule has 0 amide bonds. The Balaban J connectivity index is 1.74. The maximum Gasteiger partial charge on any atom is 0.154 e. The molecule has 0 fully saturated rings. The molecular formula is C24H18N4O. The third-order valence-corrected chi connectivity index (χ3v) is 4.97. The second-order valence-electron chi connectivity index (χ2n) is 6.68. The number of nitrogens with one attached hydrogen (secondary N) is 1. The molecule has 1 aromatic heterocycles. The molecule has 29 heavy (non-hydrogen) atoms. The first-order valence-electron chi connectivity index (χ1n) is 9.33. The van der Waals surface area contributed by atoms with Crippen molar-refractivity contribution in [1.29, 1.82) is 0 Å². The number of aromatic nitrogens is 1. The lowest BCUT2D eigenvalue weighted by Crippen LogP contribution is -2.19. The van der Waals surface area contributed by atoms with Crippen LogP contribution < -0.4 is 10.2 Å². The Bertz CT molecular complexity index is 1250. The molecule has 1 N–H and O–H groups in total. The van der Waals surface area contributed by atoms with Crippen LogP contribution in [-0.2, 0) is 0 Å². The van der Waals surface area contributed by atoms with E-state index < -0.39 is 0 Å². The SMILES string of the molecule is COc1ccc(C2=Nc3c(ccc4ccccc34)C(c3ccncc3)=NN2)cc1. The number of methoxy groups -OCH3 is 1. The Labute approximate surface area is 168 Å². The molecule has 140 valence electrons. The van der Waals surface area contributed by atoms with Gasteiger partial charge in [-0.05, 0) is 47.9 Å². The van der Waals surface area contributed by atoms with Gasteiger partial charge in [0, 0.05) is 34.5 Å². The molecule has 0 unspecified atom stereocenters. The van der Waals surface area contributed by atoms with Gasteiger partial charge in [0.1, 0.15) is 11.5 Å². The molecule has 1 aliphatic heterocycles. The Morgan fingerprint density at radius 1 is 0.793 bits per heavy atom. The molecule has 1 aliphatic rings. The topological polar surface area (TPSA) is 58.9 Å². The lowest BCUT2D eigenvalue weighted by molar-refractivity contribution is 0.415. The number of ether oxygens (including phenoxy) is 1. The minimum absolute atomic E-state index is 0.689. The summed E-state index contributed by atoms with van der Waals surface area (Å²) in [5.74, 6) is 1.49. The highest BCUT2D eigenvalue weighted by atomic mass is 16.5. The fraction of sp³-hybridized carbons (Fsp3) is 0.0417. The van der Waals surface area contributed by atoms with Crippen LogP contribution in [0, 0.1) is 0 Å². The van der Waals surface area contributed by atoms with E-state index in [4.69, 9.17) is 14.8 Å². The van der Waals surface area contributed by atoms with Crippen LogP contribution in [0.15, 0.2) is 95.3 Å². The first kappa shape index (κ1) is 17.1. The number of hydrogen-bond donors (Lipinski definition) is 1. The van der Waals surface area contributed by atoms with Gasteiger partial charge in [-0.3, -0.25) is 10.4 Å². The van der Waals surface area contributed by atoms with E-state index in [0.717, 1.165) is 44.6 Å². The standard InChI is InChI=1S/C24H18N4O/c1-29-19-9-6-18(7-10-19)24-26-23-20-5-3-2-4-16(20)8-11-21(23)22(27-28-24)17-12-14-25-15-13-17/h2-15H,1H3,(H,26,28). The average Bonchev–Trinajstić information content (AvgIpc) is 3.00. The zero-order chi connectivity index (χ0) is 19.6. The van der Waals surface area contributed by atoms with Gasteiger partial charge < -0.3 is 4.74 Å². The van der Waals surface area contributed by atoms with Crippen LogP contribution in [0.5, 0.6) is 5.75 Å². The molecule has 5 heteroatoms. The molecule has 0 atom stereocenters. The van der Waals surface area contributed by atoms with Crippen molar-refractivity contribution in [2.75, 3.05) is 7.11 Å².